The fourth-order valence-electron chi connectivity index (χ4n) is 0.0811. The van der Waals surface area contributed by atoms with E-state index in [1.807, 2.05) is 0 Å². The highest BCUT2D eigenvalue weighted by Crippen LogP contribution is 2.08. The summed E-state index contributed by atoms with van der Waals surface area (Å²) in [6, 6.07) is 0. The standard InChI is InChI=1S/C2H4I2N2O/c3-2(4)7-1-6-5/h1-2H,5H2/b6-1-. The maximum atomic E-state index is 4.75. The van der Waals surface area contributed by atoms with Crippen LogP contribution in [0.3, 0.4) is 0 Å². The van der Waals surface area contributed by atoms with Crippen LogP contribution in [0.1, 0.15) is 0 Å². The van der Waals surface area contributed by atoms with Gasteiger partial charge < -0.3 is 10.6 Å². The van der Waals surface area contributed by atoms with E-state index in [-0.39, 0.29) is 2.12 Å². The molecule has 0 unspecified atom stereocenters. The smallest absolute Gasteiger partial charge is 0.200 e. The van der Waals surface area contributed by atoms with Gasteiger partial charge in [0.25, 0.3) is 0 Å². The van der Waals surface area contributed by atoms with Crippen LogP contribution in [0.15, 0.2) is 5.10 Å². The molecule has 0 aromatic rings. The third-order valence-electron chi connectivity index (χ3n) is 0.225. The van der Waals surface area contributed by atoms with E-state index in [0.29, 0.717) is 0 Å². The number of hydrazone groups is 1. The lowest BCUT2D eigenvalue weighted by Gasteiger charge is -1.94. The minimum absolute atomic E-state index is 0.113. The minimum Gasteiger partial charge on any atom is -0.458 e. The molecule has 0 aliphatic carbocycles. The van der Waals surface area contributed by atoms with Crippen molar-refractivity contribution in [2.75, 3.05) is 0 Å². The Labute approximate surface area is 68.9 Å². The Balaban J connectivity index is 2.97. The van der Waals surface area contributed by atoms with Crippen LogP contribution in [-0.2, 0) is 4.74 Å². The van der Waals surface area contributed by atoms with Gasteiger partial charge in [-0.3, -0.25) is 0 Å². The molecule has 2 N–H and O–H groups in total. The third kappa shape index (κ3) is 6.73. The van der Waals surface area contributed by atoms with Crippen LogP contribution in [0.25, 0.3) is 0 Å². The van der Waals surface area contributed by atoms with E-state index in [2.05, 4.69) is 50.3 Å². The average Bonchev–Trinajstić information content (AvgIpc) is 1.61. The van der Waals surface area contributed by atoms with Crippen molar-refractivity contribution in [3.63, 3.8) is 0 Å². The summed E-state index contributed by atoms with van der Waals surface area (Å²) in [7, 11) is 0. The van der Waals surface area contributed by atoms with Crippen molar-refractivity contribution in [1.82, 2.24) is 0 Å². The van der Waals surface area contributed by atoms with E-state index in [4.69, 9.17) is 10.6 Å². The maximum absolute atomic E-state index is 4.75. The first-order valence-corrected chi connectivity index (χ1v) is 3.92. The normalized spacial score (nSPS) is 10.7. The first kappa shape index (κ1) is 7.73. The number of alkyl halides is 2. The molecule has 0 heterocycles. The summed E-state index contributed by atoms with van der Waals surface area (Å²) in [4.78, 5) is 0. The Bertz CT molecular complexity index is 64.7. The van der Waals surface area contributed by atoms with Gasteiger partial charge >= 0.3 is 0 Å². The number of halogens is 2. The zero-order chi connectivity index (χ0) is 5.70. The number of nitrogens with zero attached hydrogens (tertiary/aromatic N) is 1. The summed E-state index contributed by atoms with van der Waals surface area (Å²) < 4.78 is 4.86. The van der Waals surface area contributed by atoms with Gasteiger partial charge in [-0.2, -0.15) is 5.10 Å². The van der Waals surface area contributed by atoms with Gasteiger partial charge in [0.15, 0.2) is 8.52 Å². The van der Waals surface area contributed by atoms with Crippen molar-refractivity contribution in [3.05, 3.63) is 0 Å². The van der Waals surface area contributed by atoms with Crippen molar-refractivity contribution in [3.8, 4) is 0 Å². The van der Waals surface area contributed by atoms with Crippen molar-refractivity contribution in [2.45, 2.75) is 2.12 Å². The zero-order valence-electron chi connectivity index (χ0n) is 3.34. The number of rotatable bonds is 2. The molecule has 0 aromatic carbocycles. The lowest BCUT2D eigenvalue weighted by molar-refractivity contribution is 0.395. The highest BCUT2D eigenvalue weighted by Gasteiger charge is 1.88. The molecule has 42 valence electrons. The topological polar surface area (TPSA) is 47.6 Å². The molecule has 0 atom stereocenters. The Morgan fingerprint density at radius 1 is 1.71 bits per heavy atom. The highest BCUT2D eigenvalue weighted by molar-refractivity contribution is 14.2. The highest BCUT2D eigenvalue weighted by atomic mass is 127. The Morgan fingerprint density at radius 2 is 2.29 bits per heavy atom. The summed E-state index contributed by atoms with van der Waals surface area (Å²) in [5, 5.41) is 3.12. The largest absolute Gasteiger partial charge is 0.458 e. The van der Waals surface area contributed by atoms with Crippen LogP contribution in [0.4, 0.5) is 0 Å². The Kier molecular flexibility index (Phi) is 5.39. The first-order chi connectivity index (χ1) is 3.27. The molecule has 0 rings (SSSR count). The Morgan fingerprint density at radius 3 is 2.43 bits per heavy atom. The molecule has 5 heteroatoms. The molecule has 0 saturated carbocycles. The van der Waals surface area contributed by atoms with Gasteiger partial charge in [0.05, 0.1) is 0 Å². The lowest BCUT2D eigenvalue weighted by Crippen LogP contribution is -1.93. The predicted octanol–water partition coefficient (Wildman–Crippen LogP) is 1.06. The van der Waals surface area contributed by atoms with Gasteiger partial charge in [0.1, 0.15) is 0 Å². The predicted molar refractivity (Wildman–Crippen MR) is 45.6 cm³/mol. The van der Waals surface area contributed by atoms with Crippen molar-refractivity contribution < 1.29 is 4.74 Å². The summed E-state index contributed by atoms with van der Waals surface area (Å²) in [5.74, 6) is 4.71. The second-order valence-corrected chi connectivity index (χ2v) is 5.30. The number of nitrogens with two attached hydrogens (primary N) is 1. The van der Waals surface area contributed by atoms with Crippen molar-refractivity contribution in [2.24, 2.45) is 10.9 Å². The number of hydrogen-bond acceptors (Lipinski definition) is 3. The molecule has 0 aliphatic heterocycles. The zero-order valence-corrected chi connectivity index (χ0v) is 7.66. The van der Waals surface area contributed by atoms with Crippen LogP contribution >= 0.6 is 45.2 Å². The molecule has 0 saturated heterocycles. The first-order valence-electron chi connectivity index (χ1n) is 1.42. The molecule has 0 amide bonds. The van der Waals surface area contributed by atoms with E-state index >= 15 is 0 Å². The molecule has 0 fully saturated rings. The van der Waals surface area contributed by atoms with Crippen molar-refractivity contribution in [1.29, 1.82) is 0 Å². The summed E-state index contributed by atoms with van der Waals surface area (Å²) in [6.45, 7) is 0. The summed E-state index contributed by atoms with van der Waals surface area (Å²) in [6.07, 6.45) is 1.21. The molecular formula is C2H4I2N2O. The molecule has 7 heavy (non-hydrogen) atoms. The Hall–Kier alpha value is 0.730. The van der Waals surface area contributed by atoms with Gasteiger partial charge in [-0.1, -0.05) is 0 Å². The maximum Gasteiger partial charge on any atom is 0.200 e. The molecular weight excluding hydrogens is 322 g/mol. The van der Waals surface area contributed by atoms with Gasteiger partial charge in [-0.05, 0) is 45.2 Å². The van der Waals surface area contributed by atoms with E-state index < -0.39 is 0 Å². The van der Waals surface area contributed by atoms with Crippen LogP contribution in [0, 0.1) is 0 Å². The number of ether oxygens (including phenoxy) is 1. The van der Waals surface area contributed by atoms with Crippen LogP contribution in [0.2, 0.25) is 0 Å². The third-order valence-corrected chi connectivity index (χ3v) is 0.812. The monoisotopic (exact) mass is 326 g/mol. The van der Waals surface area contributed by atoms with Crippen LogP contribution < -0.4 is 5.84 Å². The minimum atomic E-state index is 0.113. The molecule has 3 nitrogen and oxygen atoms in total. The molecule has 0 aliphatic rings. The second kappa shape index (κ2) is 4.88. The van der Waals surface area contributed by atoms with Gasteiger partial charge in [-0.25, -0.2) is 0 Å². The summed E-state index contributed by atoms with van der Waals surface area (Å²) in [5.41, 5.74) is 0. The van der Waals surface area contributed by atoms with Crippen LogP contribution in [0.5, 0.6) is 0 Å². The van der Waals surface area contributed by atoms with E-state index in [1.165, 1.54) is 6.40 Å². The SMILES string of the molecule is N/N=C\OC(I)I. The second-order valence-electron chi connectivity index (χ2n) is 0.651. The lowest BCUT2D eigenvalue weighted by atomic mass is 11.4. The van der Waals surface area contributed by atoms with E-state index in [9.17, 15) is 0 Å². The molecule has 0 spiro atoms. The molecule has 0 aromatic heterocycles. The quantitative estimate of drug-likeness (QED) is 0.206. The van der Waals surface area contributed by atoms with Gasteiger partial charge in [0, 0.05) is 0 Å². The molecule has 0 bridgehead atoms. The van der Waals surface area contributed by atoms with Gasteiger partial charge in [-0.15, -0.1) is 0 Å². The van der Waals surface area contributed by atoms with Gasteiger partial charge in [0.2, 0.25) is 0 Å². The van der Waals surface area contributed by atoms with Crippen molar-refractivity contribution >= 4 is 51.6 Å². The average molecular weight is 326 g/mol. The molecule has 0 radical (unpaired) electrons. The fourth-order valence-corrected chi connectivity index (χ4v) is 0.344. The van der Waals surface area contributed by atoms with E-state index in [1.54, 1.807) is 0 Å². The summed E-state index contributed by atoms with van der Waals surface area (Å²) >= 11 is 4.17. The number of hydrogen-bond donors (Lipinski definition) is 1. The fraction of sp³-hybridized carbons (Fsp3) is 0.500. The van der Waals surface area contributed by atoms with E-state index in [0.717, 1.165) is 0 Å². The van der Waals surface area contributed by atoms with Crippen LogP contribution in [-0.4, -0.2) is 8.52 Å².